The first-order chi connectivity index (χ1) is 6.34. The molecule has 0 saturated heterocycles. The Hall–Kier alpha value is -0.660. The van der Waals surface area contributed by atoms with Crippen molar-refractivity contribution in [2.75, 3.05) is 0 Å². The average Bonchev–Trinajstić information content (AvgIpc) is 2.01. The van der Waals surface area contributed by atoms with Gasteiger partial charge in [0.1, 0.15) is 17.7 Å². The van der Waals surface area contributed by atoms with E-state index in [9.17, 15) is 22.0 Å². The van der Waals surface area contributed by atoms with Gasteiger partial charge in [-0.25, -0.2) is 8.78 Å². The molecule has 1 heterocycles. The summed E-state index contributed by atoms with van der Waals surface area (Å²) in [6, 6.07) is -2.68. The Bertz CT molecular complexity index is 324. The average molecular weight is 285 g/mol. The second kappa shape index (κ2) is 6.17. The standard InChI is InChI=1S/C7H5F5N2.2ClH/c8-3-1-14-2-4(9)5(3)6(13)7(10,11)12;;/h1-2,6H,13H2;2*1H/t6-;;/m0../s1. The number of rotatable bonds is 1. The van der Waals surface area contributed by atoms with E-state index in [1.54, 1.807) is 0 Å². The smallest absolute Gasteiger partial charge is 0.316 e. The molecule has 2 N–H and O–H groups in total. The molecule has 0 radical (unpaired) electrons. The third-order valence-corrected chi connectivity index (χ3v) is 1.55. The van der Waals surface area contributed by atoms with Crippen LogP contribution in [0.4, 0.5) is 22.0 Å². The summed E-state index contributed by atoms with van der Waals surface area (Å²) in [6.07, 6.45) is -3.93. The lowest BCUT2D eigenvalue weighted by atomic mass is 10.1. The highest BCUT2D eigenvalue weighted by molar-refractivity contribution is 5.85. The molecule has 0 bridgehead atoms. The first-order valence-corrected chi connectivity index (χ1v) is 3.45. The molecule has 0 saturated carbocycles. The minimum atomic E-state index is -4.89. The highest BCUT2D eigenvalue weighted by Gasteiger charge is 2.41. The Balaban J connectivity index is 0. The van der Waals surface area contributed by atoms with E-state index in [1.807, 2.05) is 0 Å². The lowest BCUT2D eigenvalue weighted by Gasteiger charge is -2.16. The van der Waals surface area contributed by atoms with E-state index in [2.05, 4.69) is 10.7 Å². The molecule has 1 atom stereocenters. The SMILES string of the molecule is Cl.Cl.N[C@@H](c1c(F)cncc1F)C(F)(F)F. The van der Waals surface area contributed by atoms with Crippen LogP contribution in [0.2, 0.25) is 0 Å². The number of alkyl halides is 3. The van der Waals surface area contributed by atoms with Crippen molar-refractivity contribution in [3.63, 3.8) is 0 Å². The number of nitrogens with two attached hydrogens (primary N) is 1. The Kier molecular flexibility index (Phi) is 6.83. The van der Waals surface area contributed by atoms with Gasteiger partial charge < -0.3 is 5.73 Å². The van der Waals surface area contributed by atoms with Crippen LogP contribution in [0.3, 0.4) is 0 Å². The molecule has 0 amide bonds. The van der Waals surface area contributed by atoms with Crippen LogP contribution in [0.1, 0.15) is 11.6 Å². The van der Waals surface area contributed by atoms with Crippen LogP contribution in [-0.2, 0) is 0 Å². The summed E-state index contributed by atoms with van der Waals surface area (Å²) in [6.45, 7) is 0. The molecule has 0 aromatic carbocycles. The third kappa shape index (κ3) is 3.73. The fraction of sp³-hybridized carbons (Fsp3) is 0.286. The van der Waals surface area contributed by atoms with Gasteiger partial charge in [-0.3, -0.25) is 4.98 Å². The fourth-order valence-corrected chi connectivity index (χ4v) is 0.882. The van der Waals surface area contributed by atoms with E-state index in [-0.39, 0.29) is 24.8 Å². The van der Waals surface area contributed by atoms with Gasteiger partial charge in [0, 0.05) is 0 Å². The summed E-state index contributed by atoms with van der Waals surface area (Å²) >= 11 is 0. The molecule has 1 rings (SSSR count). The molecule has 0 fully saturated rings. The third-order valence-electron chi connectivity index (χ3n) is 1.55. The highest BCUT2D eigenvalue weighted by atomic mass is 35.5. The minimum Gasteiger partial charge on any atom is -0.316 e. The fourth-order valence-electron chi connectivity index (χ4n) is 0.882. The predicted molar refractivity (Wildman–Crippen MR) is 51.6 cm³/mol. The van der Waals surface area contributed by atoms with E-state index >= 15 is 0 Å². The summed E-state index contributed by atoms with van der Waals surface area (Å²) in [5.41, 5.74) is 3.43. The Labute approximate surface area is 99.9 Å². The molecule has 94 valence electrons. The summed E-state index contributed by atoms with van der Waals surface area (Å²) in [7, 11) is 0. The van der Waals surface area contributed by atoms with Gasteiger partial charge in [-0.2, -0.15) is 13.2 Å². The van der Waals surface area contributed by atoms with Crippen LogP contribution in [-0.4, -0.2) is 11.2 Å². The lowest BCUT2D eigenvalue weighted by molar-refractivity contribution is -0.150. The molecule has 16 heavy (non-hydrogen) atoms. The van der Waals surface area contributed by atoms with E-state index in [4.69, 9.17) is 0 Å². The molecule has 1 aromatic rings. The van der Waals surface area contributed by atoms with Crippen molar-refractivity contribution < 1.29 is 22.0 Å². The maximum absolute atomic E-state index is 12.7. The highest BCUT2D eigenvalue weighted by Crippen LogP contribution is 2.32. The van der Waals surface area contributed by atoms with E-state index in [1.165, 1.54) is 0 Å². The minimum absolute atomic E-state index is 0. The van der Waals surface area contributed by atoms with Crippen molar-refractivity contribution >= 4 is 24.8 Å². The first-order valence-electron chi connectivity index (χ1n) is 3.45. The van der Waals surface area contributed by atoms with Crippen LogP contribution in [0.15, 0.2) is 12.4 Å². The largest absolute Gasteiger partial charge is 0.407 e. The predicted octanol–water partition coefficient (Wildman–Crippen LogP) is 2.77. The molecule has 9 heteroatoms. The van der Waals surface area contributed by atoms with E-state index in [0.717, 1.165) is 0 Å². The second-order valence-electron chi connectivity index (χ2n) is 2.54. The zero-order valence-corrected chi connectivity index (χ0v) is 9.10. The van der Waals surface area contributed by atoms with Gasteiger partial charge in [0.25, 0.3) is 0 Å². The second-order valence-corrected chi connectivity index (χ2v) is 2.54. The molecule has 0 aliphatic rings. The maximum Gasteiger partial charge on any atom is 0.407 e. The van der Waals surface area contributed by atoms with Crippen LogP contribution in [0.5, 0.6) is 0 Å². The Morgan fingerprint density at radius 3 is 1.75 bits per heavy atom. The van der Waals surface area contributed by atoms with Gasteiger partial charge in [-0.05, 0) is 0 Å². The quantitative estimate of drug-likeness (QED) is 0.806. The van der Waals surface area contributed by atoms with Crippen molar-refractivity contribution in [2.45, 2.75) is 12.2 Å². The van der Waals surface area contributed by atoms with Crippen molar-refractivity contribution in [3.8, 4) is 0 Å². The maximum atomic E-state index is 12.7. The van der Waals surface area contributed by atoms with Crippen LogP contribution in [0, 0.1) is 11.6 Å². The van der Waals surface area contributed by atoms with Crippen LogP contribution >= 0.6 is 24.8 Å². The lowest BCUT2D eigenvalue weighted by Crippen LogP contribution is -2.30. The van der Waals surface area contributed by atoms with Crippen molar-refractivity contribution in [3.05, 3.63) is 29.6 Å². The van der Waals surface area contributed by atoms with Gasteiger partial charge >= 0.3 is 6.18 Å². The number of halogens is 7. The summed E-state index contributed by atoms with van der Waals surface area (Å²) < 4.78 is 61.5. The van der Waals surface area contributed by atoms with Crippen molar-refractivity contribution in [1.29, 1.82) is 0 Å². The van der Waals surface area contributed by atoms with Gasteiger partial charge in [0.15, 0.2) is 0 Å². The van der Waals surface area contributed by atoms with Crippen LogP contribution in [0.25, 0.3) is 0 Å². The van der Waals surface area contributed by atoms with E-state index in [0.29, 0.717) is 12.4 Å². The number of nitrogens with zero attached hydrogens (tertiary/aromatic N) is 1. The molecule has 0 aliphatic carbocycles. The zero-order chi connectivity index (χ0) is 10.9. The monoisotopic (exact) mass is 284 g/mol. The normalized spacial score (nSPS) is 12.4. The number of hydrogen-bond acceptors (Lipinski definition) is 2. The summed E-state index contributed by atoms with van der Waals surface area (Å²) in [5, 5.41) is 0. The summed E-state index contributed by atoms with van der Waals surface area (Å²) in [5.74, 6) is -2.82. The van der Waals surface area contributed by atoms with Gasteiger partial charge in [-0.15, -0.1) is 24.8 Å². The van der Waals surface area contributed by atoms with Gasteiger partial charge in [0.2, 0.25) is 0 Å². The topological polar surface area (TPSA) is 38.9 Å². The van der Waals surface area contributed by atoms with Gasteiger partial charge in [-0.1, -0.05) is 0 Å². The summed E-state index contributed by atoms with van der Waals surface area (Å²) in [4.78, 5) is 3.04. The Morgan fingerprint density at radius 1 is 1.06 bits per heavy atom. The van der Waals surface area contributed by atoms with Crippen molar-refractivity contribution in [1.82, 2.24) is 4.98 Å². The molecular weight excluding hydrogens is 278 g/mol. The van der Waals surface area contributed by atoms with Crippen LogP contribution < -0.4 is 5.73 Å². The molecule has 1 aromatic heterocycles. The Morgan fingerprint density at radius 2 is 1.44 bits per heavy atom. The van der Waals surface area contributed by atoms with E-state index < -0.39 is 29.4 Å². The molecular formula is C7H7Cl2F5N2. The molecule has 0 spiro atoms. The molecule has 2 nitrogen and oxygen atoms in total. The first kappa shape index (κ1) is 17.7. The molecule has 0 aliphatic heterocycles. The number of aromatic nitrogens is 1. The van der Waals surface area contributed by atoms with Crippen molar-refractivity contribution in [2.24, 2.45) is 5.73 Å². The number of pyridine rings is 1. The molecule has 0 unspecified atom stereocenters. The zero-order valence-electron chi connectivity index (χ0n) is 7.46. The number of hydrogen-bond donors (Lipinski definition) is 1. The van der Waals surface area contributed by atoms with Gasteiger partial charge in [0.05, 0.1) is 18.0 Å².